The van der Waals surface area contributed by atoms with E-state index in [4.69, 9.17) is 0 Å². The van der Waals surface area contributed by atoms with Crippen molar-refractivity contribution >= 4 is 11.7 Å². The summed E-state index contributed by atoms with van der Waals surface area (Å²) in [7, 11) is 0. The van der Waals surface area contributed by atoms with Crippen LogP contribution in [0, 0.1) is 18.8 Å². The zero-order chi connectivity index (χ0) is 21.6. The number of hydrogen-bond donors (Lipinski definition) is 1. The molecule has 0 aliphatic carbocycles. The molecule has 1 atom stereocenters. The van der Waals surface area contributed by atoms with Crippen LogP contribution in [-0.2, 0) is 4.79 Å². The minimum absolute atomic E-state index is 0.0219. The van der Waals surface area contributed by atoms with Gasteiger partial charge in [0.15, 0.2) is 5.82 Å². The summed E-state index contributed by atoms with van der Waals surface area (Å²) in [5.41, 5.74) is 3.18. The van der Waals surface area contributed by atoms with Crippen LogP contribution in [0.3, 0.4) is 0 Å². The second kappa shape index (κ2) is 10.2. The summed E-state index contributed by atoms with van der Waals surface area (Å²) in [6.07, 6.45) is 4.49. The Kier molecular flexibility index (Phi) is 7.17. The van der Waals surface area contributed by atoms with Gasteiger partial charge in [0, 0.05) is 31.7 Å². The molecule has 166 valence electrons. The molecule has 1 N–H and O–H groups in total. The molecule has 0 unspecified atom stereocenters. The van der Waals surface area contributed by atoms with Gasteiger partial charge in [-0.15, -0.1) is 10.2 Å². The maximum Gasteiger partial charge on any atom is 0.224 e. The summed E-state index contributed by atoms with van der Waals surface area (Å²) >= 11 is 0. The maximum absolute atomic E-state index is 12.7. The van der Waals surface area contributed by atoms with Crippen molar-refractivity contribution in [3.8, 4) is 11.3 Å². The van der Waals surface area contributed by atoms with E-state index in [-0.39, 0.29) is 11.8 Å². The fraction of sp³-hybridized carbons (Fsp3) is 0.560. The molecule has 0 radical (unpaired) electrons. The van der Waals surface area contributed by atoms with Gasteiger partial charge in [0.05, 0.1) is 11.6 Å². The first-order valence-electron chi connectivity index (χ1n) is 11.7. The number of aryl methyl sites for hydroxylation is 1. The van der Waals surface area contributed by atoms with Crippen LogP contribution in [0.25, 0.3) is 11.3 Å². The van der Waals surface area contributed by atoms with E-state index < -0.39 is 0 Å². The standard InChI is InChI=1S/C25H35N5O/c1-19-5-7-21(8-6-19)23-9-10-24(28-27-23)30-14-3-4-22(18-30)25(31)26-13-17-29-15-11-20(2)12-16-29/h5-10,20,22H,3-4,11-18H2,1-2H3,(H,26,31)/t22-/m1/s1. The zero-order valence-electron chi connectivity index (χ0n) is 18.9. The Bertz CT molecular complexity index is 843. The number of nitrogens with one attached hydrogen (secondary N) is 1. The first-order valence-corrected chi connectivity index (χ1v) is 11.7. The monoisotopic (exact) mass is 421 g/mol. The molecule has 0 spiro atoms. The predicted molar refractivity (Wildman–Crippen MR) is 125 cm³/mol. The van der Waals surface area contributed by atoms with Crippen LogP contribution >= 0.6 is 0 Å². The fourth-order valence-electron chi connectivity index (χ4n) is 4.54. The second-order valence-corrected chi connectivity index (χ2v) is 9.24. The lowest BCUT2D eigenvalue weighted by atomic mass is 9.97. The fourth-order valence-corrected chi connectivity index (χ4v) is 4.54. The molecule has 6 heteroatoms. The summed E-state index contributed by atoms with van der Waals surface area (Å²) in [6, 6.07) is 12.4. The number of likely N-dealkylation sites (tertiary alicyclic amines) is 1. The highest BCUT2D eigenvalue weighted by Gasteiger charge is 2.27. The van der Waals surface area contributed by atoms with E-state index in [0.29, 0.717) is 6.54 Å². The largest absolute Gasteiger partial charge is 0.355 e. The molecule has 0 saturated carbocycles. The molecule has 6 nitrogen and oxygen atoms in total. The van der Waals surface area contributed by atoms with E-state index in [1.54, 1.807) is 0 Å². The van der Waals surface area contributed by atoms with Gasteiger partial charge in [0.25, 0.3) is 0 Å². The van der Waals surface area contributed by atoms with Crippen LogP contribution < -0.4 is 10.2 Å². The number of carbonyl (C=O) groups is 1. The Hall–Kier alpha value is -2.47. The normalized spacial score (nSPS) is 20.6. The number of amides is 1. The maximum atomic E-state index is 12.7. The topological polar surface area (TPSA) is 61.4 Å². The van der Waals surface area contributed by atoms with Crippen LogP contribution in [0.2, 0.25) is 0 Å². The molecule has 1 amide bonds. The molecule has 2 aliphatic rings. The quantitative estimate of drug-likeness (QED) is 0.773. The number of rotatable bonds is 6. The number of piperidine rings is 2. The number of nitrogens with zero attached hydrogens (tertiary/aromatic N) is 4. The second-order valence-electron chi connectivity index (χ2n) is 9.24. The highest BCUT2D eigenvalue weighted by atomic mass is 16.1. The summed E-state index contributed by atoms with van der Waals surface area (Å²) in [5.74, 6) is 1.90. The summed E-state index contributed by atoms with van der Waals surface area (Å²) in [6.45, 7) is 10.1. The van der Waals surface area contributed by atoms with Crippen LogP contribution in [0.4, 0.5) is 5.82 Å². The van der Waals surface area contributed by atoms with Crippen LogP contribution in [0.5, 0.6) is 0 Å². The van der Waals surface area contributed by atoms with Gasteiger partial charge in [0.2, 0.25) is 5.91 Å². The summed E-state index contributed by atoms with van der Waals surface area (Å²) in [5, 5.41) is 12.1. The van der Waals surface area contributed by atoms with Crippen molar-refractivity contribution in [2.24, 2.45) is 11.8 Å². The third kappa shape index (κ3) is 5.82. The molecular formula is C25H35N5O. The average molecular weight is 422 g/mol. The molecule has 0 bridgehead atoms. The Morgan fingerprint density at radius 3 is 2.52 bits per heavy atom. The van der Waals surface area contributed by atoms with E-state index >= 15 is 0 Å². The van der Waals surface area contributed by atoms with E-state index in [9.17, 15) is 4.79 Å². The van der Waals surface area contributed by atoms with Crippen LogP contribution in [-0.4, -0.2) is 60.3 Å². The number of carbonyl (C=O) groups excluding carboxylic acids is 1. The number of anilines is 1. The molecule has 2 aliphatic heterocycles. The molecule has 1 aromatic carbocycles. The summed E-state index contributed by atoms with van der Waals surface area (Å²) in [4.78, 5) is 17.4. The van der Waals surface area contributed by atoms with Crippen molar-refractivity contribution in [3.05, 3.63) is 42.0 Å². The Morgan fingerprint density at radius 1 is 1.03 bits per heavy atom. The first-order chi connectivity index (χ1) is 15.1. The van der Waals surface area contributed by atoms with Crippen molar-refractivity contribution in [1.82, 2.24) is 20.4 Å². The SMILES string of the molecule is Cc1ccc(-c2ccc(N3CCC[C@@H](C(=O)NCCN4CCC(C)CC4)C3)nn2)cc1. The zero-order valence-corrected chi connectivity index (χ0v) is 18.9. The van der Waals surface area contributed by atoms with Gasteiger partial charge in [-0.3, -0.25) is 4.79 Å². The van der Waals surface area contributed by atoms with E-state index in [2.05, 4.69) is 63.4 Å². The van der Waals surface area contributed by atoms with E-state index in [0.717, 1.165) is 68.6 Å². The first kappa shape index (κ1) is 21.8. The average Bonchev–Trinajstić information content (AvgIpc) is 2.81. The lowest BCUT2D eigenvalue weighted by Crippen LogP contribution is -2.45. The Balaban J connectivity index is 1.27. The Labute approximate surface area is 186 Å². The molecule has 1 aromatic heterocycles. The molecule has 2 saturated heterocycles. The van der Waals surface area contributed by atoms with Crippen molar-refractivity contribution in [2.45, 2.75) is 39.5 Å². The number of benzene rings is 1. The molecule has 31 heavy (non-hydrogen) atoms. The number of hydrogen-bond acceptors (Lipinski definition) is 5. The molecular weight excluding hydrogens is 386 g/mol. The van der Waals surface area contributed by atoms with Gasteiger partial charge in [-0.1, -0.05) is 36.8 Å². The van der Waals surface area contributed by atoms with Gasteiger partial charge >= 0.3 is 0 Å². The smallest absolute Gasteiger partial charge is 0.224 e. The van der Waals surface area contributed by atoms with Gasteiger partial charge in [-0.25, -0.2) is 0 Å². The van der Waals surface area contributed by atoms with Gasteiger partial charge in [0.1, 0.15) is 0 Å². The van der Waals surface area contributed by atoms with Crippen molar-refractivity contribution in [2.75, 3.05) is 44.2 Å². The van der Waals surface area contributed by atoms with E-state index in [1.807, 2.05) is 12.1 Å². The highest BCUT2D eigenvalue weighted by molar-refractivity contribution is 5.79. The van der Waals surface area contributed by atoms with Crippen LogP contribution in [0.15, 0.2) is 36.4 Å². The van der Waals surface area contributed by atoms with Gasteiger partial charge in [-0.05, 0) is 63.7 Å². The predicted octanol–water partition coefficient (Wildman–Crippen LogP) is 3.52. The molecule has 4 rings (SSSR count). The highest BCUT2D eigenvalue weighted by Crippen LogP contribution is 2.24. The lowest BCUT2D eigenvalue weighted by Gasteiger charge is -2.33. The van der Waals surface area contributed by atoms with E-state index in [1.165, 1.54) is 18.4 Å². The van der Waals surface area contributed by atoms with Crippen LogP contribution in [0.1, 0.15) is 38.2 Å². The molecule has 2 fully saturated rings. The van der Waals surface area contributed by atoms with Gasteiger partial charge < -0.3 is 15.1 Å². The lowest BCUT2D eigenvalue weighted by molar-refractivity contribution is -0.125. The Morgan fingerprint density at radius 2 is 1.81 bits per heavy atom. The van der Waals surface area contributed by atoms with Crippen molar-refractivity contribution in [3.63, 3.8) is 0 Å². The third-order valence-corrected chi connectivity index (χ3v) is 6.72. The third-order valence-electron chi connectivity index (χ3n) is 6.72. The van der Waals surface area contributed by atoms with Crippen molar-refractivity contribution in [1.29, 1.82) is 0 Å². The minimum atomic E-state index is 0.0219. The van der Waals surface area contributed by atoms with Gasteiger partial charge in [-0.2, -0.15) is 0 Å². The molecule has 3 heterocycles. The minimum Gasteiger partial charge on any atom is -0.355 e. The number of aromatic nitrogens is 2. The molecule has 2 aromatic rings. The van der Waals surface area contributed by atoms with Crippen molar-refractivity contribution < 1.29 is 4.79 Å². The summed E-state index contributed by atoms with van der Waals surface area (Å²) < 4.78 is 0.